The first kappa shape index (κ1) is 86.0. The highest BCUT2D eigenvalue weighted by atomic mass is 32.2. The van der Waals surface area contributed by atoms with Crippen molar-refractivity contribution in [1.29, 1.82) is 0 Å². The molecule has 0 bridgehead atoms. The molecule has 0 amide bonds. The van der Waals surface area contributed by atoms with Gasteiger partial charge in [-0.05, 0) is 253 Å². The summed E-state index contributed by atoms with van der Waals surface area (Å²) >= 11 is 5.41. The van der Waals surface area contributed by atoms with Gasteiger partial charge in [0.1, 0.15) is 0 Å². The van der Waals surface area contributed by atoms with E-state index in [0.29, 0.717) is 12.0 Å². The van der Waals surface area contributed by atoms with Crippen molar-refractivity contribution < 1.29 is 48.0 Å². The molecule has 8 atom stereocenters. The predicted molar refractivity (Wildman–Crippen MR) is 466 cm³/mol. The first-order chi connectivity index (χ1) is 55.8. The van der Waals surface area contributed by atoms with Crippen LogP contribution >= 0.6 is 35.3 Å². The van der Waals surface area contributed by atoms with Crippen LogP contribution in [0.1, 0.15) is 170 Å². The van der Waals surface area contributed by atoms with Crippen molar-refractivity contribution >= 4 is 68.3 Å². The Hall–Kier alpha value is -6.88. The first-order valence-corrected chi connectivity index (χ1v) is 47.4. The predicted octanol–water partition coefficient (Wildman–Crippen LogP) is 16.0. The van der Waals surface area contributed by atoms with Crippen LogP contribution in [0.15, 0.2) is 214 Å². The van der Waals surface area contributed by atoms with Crippen molar-refractivity contribution in [3.8, 4) is 0 Å². The van der Waals surface area contributed by atoms with Gasteiger partial charge in [-0.15, -0.1) is 35.3 Å². The number of Topliss-reactive ketones (excluding diaryl/α,β-unsaturated/α-hetero) is 4. The average Bonchev–Trinajstić information content (AvgIpc) is 0.808. The van der Waals surface area contributed by atoms with Crippen molar-refractivity contribution in [3.05, 3.63) is 261 Å². The molecule has 115 heavy (non-hydrogen) atoms. The van der Waals surface area contributed by atoms with Gasteiger partial charge in [0.05, 0.1) is 29.3 Å². The van der Waals surface area contributed by atoms with Crippen LogP contribution in [0.4, 0.5) is 0 Å². The smallest absolute Gasteiger partial charge is 0.175 e. The molecule has 0 spiro atoms. The van der Waals surface area contributed by atoms with Crippen LogP contribution in [0.2, 0.25) is 0 Å². The largest absolute Gasteiger partial charge is 0.391 e. The number of fused-ring (bicyclic) bond motifs is 4. The minimum Gasteiger partial charge on any atom is -0.391 e. The quantitative estimate of drug-likeness (QED) is 0.0301. The van der Waals surface area contributed by atoms with E-state index < -0.39 is 9.84 Å². The average molecular weight is 1630 g/mol. The van der Waals surface area contributed by atoms with E-state index in [-0.39, 0.29) is 100 Å². The molecule has 4 saturated heterocycles. The number of likely N-dealkylation sites (tertiary alicyclic amines) is 4. The van der Waals surface area contributed by atoms with Crippen LogP contribution in [-0.2, 0) is 61.2 Å². The number of ketones is 4. The Morgan fingerprint density at radius 2 is 0.565 bits per heavy atom. The zero-order chi connectivity index (χ0) is 80.5. The second-order valence-corrected chi connectivity index (χ2v) is 38.3. The molecule has 16 rings (SSSR count). The lowest BCUT2D eigenvalue weighted by atomic mass is 9.83. The van der Waals surface area contributed by atoms with Crippen molar-refractivity contribution in [2.24, 2.45) is 23.7 Å². The van der Waals surface area contributed by atoms with Gasteiger partial charge in [-0.1, -0.05) is 166 Å². The highest BCUT2D eigenvalue weighted by Gasteiger charge is 2.40. The zero-order valence-electron chi connectivity index (χ0n) is 67.6. The van der Waals surface area contributed by atoms with E-state index in [1.54, 1.807) is 23.9 Å². The fourth-order valence-corrected chi connectivity index (χ4v) is 21.5. The minimum absolute atomic E-state index is 0.0525. The van der Waals surface area contributed by atoms with Gasteiger partial charge in [-0.25, -0.2) is 8.42 Å². The van der Waals surface area contributed by atoms with Gasteiger partial charge in [0.15, 0.2) is 33.0 Å². The van der Waals surface area contributed by atoms with Crippen molar-refractivity contribution in [3.63, 3.8) is 0 Å². The van der Waals surface area contributed by atoms with Gasteiger partial charge in [-0.3, -0.25) is 38.8 Å². The standard InChI is InChI=1S/C26H33NO2S.C25H31NO2S.C23H27NO4S.C23H27NO2S/c1-2-3-16-30-23-10-8-19(9-11-23)26(29)20-12-14-27(15-13-20)24-17-21-6-4-5-7-22(21)18-25(24)28;1-2-15-29-22-9-7-18(8-10-22)25(28)19-11-13-26(14-12-19)23-16-20-5-3-4-6-21(20)17-24(23)27;1-29(27,28)20-8-6-16(7-9-20)23(26)17-10-12-24(13-11-17)21-14-18-4-2-3-5-19(18)15-22(21)25;1-27-20-8-6-16(7-9-20)23(26)17-10-12-24(13-11-17)21-14-18-4-2-3-5-19(18)15-22(21)25/h4-11,20,24-25,28H,2-3,12-18H2,1H3;3-10,19,23-24,27H,2,11-17H2,1H3;2-9,17,21-22,25H,10-15H2,1H3;2-9,17,21-22,25H,10-15H2,1H3/t24?,25-;23?,24-;2*21?,22-/m1111/s1. The second-order valence-electron chi connectivity index (χ2n) is 33.1. The lowest BCUT2D eigenvalue weighted by Gasteiger charge is -2.41. The molecule has 8 aliphatic rings. The molecular formula is C97H118N4O10S4. The van der Waals surface area contributed by atoms with Crippen LogP contribution < -0.4 is 0 Å². The maximum Gasteiger partial charge on any atom is 0.175 e. The molecule has 4 unspecified atom stereocenters. The van der Waals surface area contributed by atoms with Crippen LogP contribution in [-0.4, -0.2) is 197 Å². The zero-order valence-corrected chi connectivity index (χ0v) is 70.8. The maximum atomic E-state index is 13.0. The molecule has 4 aliphatic carbocycles. The Morgan fingerprint density at radius 3 is 0.800 bits per heavy atom. The van der Waals surface area contributed by atoms with Gasteiger partial charge in [0.25, 0.3) is 0 Å². The highest BCUT2D eigenvalue weighted by molar-refractivity contribution is 7.99. The molecule has 4 fully saturated rings. The number of carbonyl (C=O) groups excluding carboxylic acids is 4. The van der Waals surface area contributed by atoms with Crippen LogP contribution in [0.5, 0.6) is 0 Å². The summed E-state index contributed by atoms with van der Waals surface area (Å²) in [5.41, 5.74) is 13.6. The molecule has 0 radical (unpaired) electrons. The van der Waals surface area contributed by atoms with E-state index >= 15 is 0 Å². The molecule has 610 valence electrons. The summed E-state index contributed by atoms with van der Waals surface area (Å²) in [5.74, 6) is 3.44. The number of hydrogen-bond donors (Lipinski definition) is 4. The molecule has 8 aromatic carbocycles. The molecule has 0 aromatic heterocycles. The number of nitrogens with zero attached hydrogens (tertiary/aromatic N) is 4. The summed E-state index contributed by atoms with van der Waals surface area (Å²) in [4.78, 5) is 65.1. The number of aliphatic hydroxyl groups is 4. The molecule has 14 nitrogen and oxygen atoms in total. The SMILES string of the molecule is CCCCSc1ccc(C(=O)C2CCN(C3Cc4ccccc4C[C@H]3O)CC2)cc1.CCCSc1ccc(C(=O)C2CCN(C3Cc4ccccc4C[C@H]3O)CC2)cc1.CS(=O)(=O)c1ccc(C(=O)C2CCN(C3Cc4ccccc4C[C@H]3O)CC2)cc1.CSc1ccc(C(=O)C2CCN(C3Cc4ccccc4C[C@H]3O)CC2)cc1. The number of rotatable bonds is 21. The number of benzene rings is 8. The van der Waals surface area contributed by atoms with Gasteiger partial charge < -0.3 is 20.4 Å². The number of unbranched alkanes of at least 4 members (excludes halogenated alkanes) is 1. The topological polar surface area (TPSA) is 196 Å². The van der Waals surface area contributed by atoms with E-state index in [0.717, 1.165) is 190 Å². The molecule has 4 aliphatic heterocycles. The molecule has 18 heteroatoms. The third kappa shape index (κ3) is 22.4. The van der Waals surface area contributed by atoms with E-state index in [9.17, 15) is 48.0 Å². The van der Waals surface area contributed by atoms with E-state index in [1.807, 2.05) is 90.4 Å². The fraction of sp³-hybridized carbons (Fsp3) is 0.464. The Balaban J connectivity index is 0.000000134. The number of piperidine rings is 4. The van der Waals surface area contributed by atoms with Crippen LogP contribution in [0, 0.1) is 23.7 Å². The summed E-state index contributed by atoms with van der Waals surface area (Å²) < 4.78 is 23.2. The molecule has 4 N–H and O–H groups in total. The summed E-state index contributed by atoms with van der Waals surface area (Å²) in [6.45, 7) is 11.3. The summed E-state index contributed by atoms with van der Waals surface area (Å²) in [6.07, 6.45) is 18.8. The summed E-state index contributed by atoms with van der Waals surface area (Å²) in [5, 5.41) is 42.7. The summed E-state index contributed by atoms with van der Waals surface area (Å²) in [7, 11) is -3.26. The Kier molecular flexibility index (Phi) is 30.8. The van der Waals surface area contributed by atoms with E-state index in [4.69, 9.17) is 0 Å². The van der Waals surface area contributed by atoms with E-state index in [2.05, 4.69) is 143 Å². The lowest BCUT2D eigenvalue weighted by molar-refractivity contribution is 0.0237. The number of thioether (sulfide) groups is 3. The Labute approximate surface area is 696 Å². The summed E-state index contributed by atoms with van der Waals surface area (Å²) in [6, 6.07) is 64.9. The fourth-order valence-electron chi connectivity index (χ4n) is 18.7. The second kappa shape index (κ2) is 41.2. The Bertz CT molecular complexity index is 4630. The maximum absolute atomic E-state index is 13.0. The number of hydrogen-bond acceptors (Lipinski definition) is 17. The van der Waals surface area contributed by atoms with Crippen molar-refractivity contribution in [2.75, 3.05) is 76.4 Å². The van der Waals surface area contributed by atoms with E-state index in [1.165, 1.54) is 84.2 Å². The van der Waals surface area contributed by atoms with Gasteiger partial charge in [0, 0.05) is 117 Å². The molecule has 4 heterocycles. The molecule has 8 aromatic rings. The molecular weight excluding hydrogens is 1510 g/mol. The normalized spacial score (nSPS) is 23.2. The van der Waals surface area contributed by atoms with Crippen LogP contribution in [0.3, 0.4) is 0 Å². The van der Waals surface area contributed by atoms with Gasteiger partial charge in [0.2, 0.25) is 0 Å². The third-order valence-corrected chi connectivity index (χ3v) is 29.8. The van der Waals surface area contributed by atoms with Crippen LogP contribution in [0.25, 0.3) is 0 Å². The first-order valence-electron chi connectivity index (χ1n) is 42.3. The highest BCUT2D eigenvalue weighted by Crippen LogP contribution is 2.37. The van der Waals surface area contributed by atoms with Gasteiger partial charge in [-0.2, -0.15) is 0 Å². The monoisotopic (exact) mass is 1630 g/mol. The molecule has 0 saturated carbocycles. The van der Waals surface area contributed by atoms with Crippen molar-refractivity contribution in [1.82, 2.24) is 19.6 Å². The number of carbonyl (C=O) groups is 4. The minimum atomic E-state index is -3.26. The number of aliphatic hydroxyl groups excluding tert-OH is 4. The third-order valence-electron chi connectivity index (χ3n) is 25.6. The lowest BCUT2D eigenvalue weighted by Crippen LogP contribution is -2.51. The Morgan fingerprint density at radius 1 is 0.330 bits per heavy atom. The van der Waals surface area contributed by atoms with Crippen molar-refractivity contribution in [2.45, 2.75) is 204 Å². The number of sulfone groups is 1. The van der Waals surface area contributed by atoms with Gasteiger partial charge >= 0.3 is 0 Å².